The van der Waals surface area contributed by atoms with Crippen LogP contribution in [0.15, 0.2) is 24.3 Å². The molecule has 1 aromatic carbocycles. The average molecular weight is 307 g/mol. The smallest absolute Gasteiger partial charge is 0.442 e. The molecule has 1 atom stereocenters. The van der Waals surface area contributed by atoms with Gasteiger partial charge in [-0.25, -0.2) is 0 Å². The van der Waals surface area contributed by atoms with E-state index in [1.807, 2.05) is 0 Å². The maximum atomic E-state index is 12.4. The van der Waals surface area contributed by atoms with E-state index in [1.165, 1.54) is 31.2 Å². The first-order valence-corrected chi connectivity index (χ1v) is 6.31. The van der Waals surface area contributed by atoms with Crippen LogP contribution in [0.4, 0.5) is 18.9 Å². The van der Waals surface area contributed by atoms with Gasteiger partial charge in [-0.15, -0.1) is 0 Å². The summed E-state index contributed by atoms with van der Waals surface area (Å²) in [6.07, 6.45) is 0. The highest BCUT2D eigenvalue weighted by Crippen LogP contribution is 2.42. The summed E-state index contributed by atoms with van der Waals surface area (Å²) in [5.41, 5.74) is -3.98. The van der Waals surface area contributed by atoms with E-state index in [-0.39, 0.29) is 11.5 Å². The molecule has 0 saturated heterocycles. The normalized spacial score (nSPS) is 12.7. The number of carbonyl (C=O) groups is 2. The fraction of sp³-hybridized carbons (Fsp3) is 0.333. The molecular formula is C12H12F3NO3S. The van der Waals surface area contributed by atoms with Crippen molar-refractivity contribution in [3.8, 4) is 0 Å². The Bertz CT molecular complexity index is 488. The summed E-state index contributed by atoms with van der Waals surface area (Å²) in [6, 6.07) is 5.52. The minimum absolute atomic E-state index is 0.147. The summed E-state index contributed by atoms with van der Waals surface area (Å²) in [5.74, 6) is -1.29. The number of ether oxygens (including phenoxy) is 1. The van der Waals surface area contributed by atoms with Crippen molar-refractivity contribution < 1.29 is 27.5 Å². The van der Waals surface area contributed by atoms with Crippen LogP contribution in [-0.2, 0) is 14.3 Å². The number of thioether (sulfide) groups is 1. The Morgan fingerprint density at radius 1 is 1.25 bits per heavy atom. The summed E-state index contributed by atoms with van der Waals surface area (Å²) < 4.78 is 41.7. The summed E-state index contributed by atoms with van der Waals surface area (Å²) in [7, 11) is 1.03. The molecular weight excluding hydrogens is 295 g/mol. The van der Waals surface area contributed by atoms with Crippen molar-refractivity contribution in [3.05, 3.63) is 29.8 Å². The van der Waals surface area contributed by atoms with Gasteiger partial charge in [0, 0.05) is 12.6 Å². The first kappa shape index (κ1) is 16.4. The zero-order valence-electron chi connectivity index (χ0n) is 10.7. The van der Waals surface area contributed by atoms with Gasteiger partial charge < -0.3 is 10.1 Å². The number of alkyl halides is 3. The Hall–Kier alpha value is -1.70. The number of halogens is 3. The first-order valence-electron chi connectivity index (χ1n) is 5.43. The van der Waals surface area contributed by atoms with E-state index >= 15 is 0 Å². The van der Waals surface area contributed by atoms with E-state index in [2.05, 4.69) is 10.1 Å². The highest BCUT2D eigenvalue weighted by atomic mass is 32.2. The predicted octanol–water partition coefficient (Wildman–Crippen LogP) is 3.11. The van der Waals surface area contributed by atoms with Crippen molar-refractivity contribution in [2.75, 3.05) is 12.4 Å². The van der Waals surface area contributed by atoms with Crippen molar-refractivity contribution in [3.63, 3.8) is 0 Å². The van der Waals surface area contributed by atoms with E-state index in [0.29, 0.717) is 5.69 Å². The van der Waals surface area contributed by atoms with E-state index < -0.39 is 28.5 Å². The SMILES string of the molecule is COC(=O)[C@H](SC(F)(F)F)c1ccc(NC(C)=O)cc1. The number of hydrogen-bond donors (Lipinski definition) is 1. The maximum Gasteiger partial charge on any atom is 0.442 e. The van der Waals surface area contributed by atoms with Gasteiger partial charge in [-0.2, -0.15) is 13.2 Å². The molecule has 0 radical (unpaired) electrons. The Kier molecular flexibility index (Phi) is 5.43. The molecule has 110 valence electrons. The van der Waals surface area contributed by atoms with Gasteiger partial charge >= 0.3 is 11.5 Å². The molecule has 0 aliphatic carbocycles. The molecule has 4 nitrogen and oxygen atoms in total. The van der Waals surface area contributed by atoms with Crippen LogP contribution >= 0.6 is 11.8 Å². The molecule has 0 unspecified atom stereocenters. The van der Waals surface area contributed by atoms with E-state index in [9.17, 15) is 22.8 Å². The average Bonchev–Trinajstić information content (AvgIpc) is 2.34. The highest BCUT2D eigenvalue weighted by Gasteiger charge is 2.37. The lowest BCUT2D eigenvalue weighted by atomic mass is 10.1. The van der Waals surface area contributed by atoms with Gasteiger partial charge in [0.2, 0.25) is 5.91 Å². The van der Waals surface area contributed by atoms with Gasteiger partial charge in [-0.1, -0.05) is 12.1 Å². The summed E-state index contributed by atoms with van der Waals surface area (Å²) in [4.78, 5) is 22.3. The lowest BCUT2D eigenvalue weighted by molar-refractivity contribution is -0.140. The monoisotopic (exact) mass is 307 g/mol. The van der Waals surface area contributed by atoms with E-state index in [4.69, 9.17) is 0 Å². The van der Waals surface area contributed by atoms with Crippen molar-refractivity contribution >= 4 is 29.3 Å². The standard InChI is InChI=1S/C12H12F3NO3S/c1-7(17)16-9-5-3-8(4-6-9)10(11(18)19-2)20-12(13,14)15/h3-6,10H,1-2H3,(H,16,17)/t10-/m1/s1. The Balaban J connectivity index is 2.96. The molecule has 0 aliphatic rings. The number of anilines is 1. The first-order chi connectivity index (χ1) is 9.23. The summed E-state index contributed by atoms with van der Waals surface area (Å²) >= 11 is -0.454. The third-order valence-corrected chi connectivity index (χ3v) is 3.17. The molecule has 0 fully saturated rings. The number of benzene rings is 1. The number of amides is 1. The fourth-order valence-corrected chi connectivity index (χ4v) is 2.19. The molecule has 1 aromatic rings. The number of rotatable bonds is 4. The third kappa shape index (κ3) is 5.12. The number of carbonyl (C=O) groups excluding carboxylic acids is 2. The number of hydrogen-bond acceptors (Lipinski definition) is 4. The van der Waals surface area contributed by atoms with E-state index in [1.54, 1.807) is 0 Å². The van der Waals surface area contributed by atoms with Crippen LogP contribution < -0.4 is 5.32 Å². The fourth-order valence-electron chi connectivity index (χ4n) is 1.44. The molecule has 0 aromatic heterocycles. The van der Waals surface area contributed by atoms with Crippen LogP contribution in [0.3, 0.4) is 0 Å². The largest absolute Gasteiger partial charge is 0.468 e. The molecule has 1 amide bonds. The Morgan fingerprint density at radius 2 is 1.80 bits per heavy atom. The summed E-state index contributed by atoms with van der Waals surface area (Å²) in [5, 5.41) is 0.984. The molecule has 8 heteroatoms. The molecule has 1 N–H and O–H groups in total. The third-order valence-electron chi connectivity index (χ3n) is 2.20. The minimum atomic E-state index is -4.56. The number of methoxy groups -OCH3 is 1. The maximum absolute atomic E-state index is 12.4. The lowest BCUT2D eigenvalue weighted by Gasteiger charge is -2.16. The summed E-state index contributed by atoms with van der Waals surface area (Å²) in [6.45, 7) is 1.31. The van der Waals surface area contributed by atoms with Crippen LogP contribution in [0.25, 0.3) is 0 Å². The second kappa shape index (κ2) is 6.65. The second-order valence-electron chi connectivity index (χ2n) is 3.77. The minimum Gasteiger partial charge on any atom is -0.468 e. The van der Waals surface area contributed by atoms with Crippen molar-refractivity contribution in [1.82, 2.24) is 0 Å². The van der Waals surface area contributed by atoms with Crippen LogP contribution in [0, 0.1) is 0 Å². The van der Waals surface area contributed by atoms with Gasteiger partial charge in [0.1, 0.15) is 5.25 Å². The van der Waals surface area contributed by atoms with Crippen molar-refractivity contribution in [1.29, 1.82) is 0 Å². The Morgan fingerprint density at radius 3 is 2.20 bits per heavy atom. The zero-order chi connectivity index (χ0) is 15.3. The van der Waals surface area contributed by atoms with Gasteiger partial charge in [0.15, 0.2) is 0 Å². The lowest BCUT2D eigenvalue weighted by Crippen LogP contribution is -2.16. The molecule has 0 spiro atoms. The quantitative estimate of drug-likeness (QED) is 0.868. The Labute approximate surface area is 117 Å². The topological polar surface area (TPSA) is 55.4 Å². The molecule has 20 heavy (non-hydrogen) atoms. The van der Waals surface area contributed by atoms with Gasteiger partial charge in [-0.3, -0.25) is 9.59 Å². The molecule has 0 aliphatic heterocycles. The molecule has 1 rings (SSSR count). The zero-order valence-corrected chi connectivity index (χ0v) is 11.5. The van der Waals surface area contributed by atoms with Crippen LogP contribution in [0.2, 0.25) is 0 Å². The molecule has 0 heterocycles. The second-order valence-corrected chi connectivity index (χ2v) is 4.94. The van der Waals surface area contributed by atoms with Crippen LogP contribution in [0.5, 0.6) is 0 Å². The number of esters is 1. The van der Waals surface area contributed by atoms with Gasteiger partial charge in [0.05, 0.1) is 7.11 Å². The van der Waals surface area contributed by atoms with Crippen LogP contribution in [0.1, 0.15) is 17.7 Å². The van der Waals surface area contributed by atoms with Crippen molar-refractivity contribution in [2.24, 2.45) is 0 Å². The van der Waals surface area contributed by atoms with Gasteiger partial charge in [-0.05, 0) is 29.5 Å². The predicted molar refractivity (Wildman–Crippen MR) is 69.1 cm³/mol. The van der Waals surface area contributed by atoms with Crippen molar-refractivity contribution in [2.45, 2.75) is 17.7 Å². The van der Waals surface area contributed by atoms with E-state index in [0.717, 1.165) is 7.11 Å². The van der Waals surface area contributed by atoms with Gasteiger partial charge in [0.25, 0.3) is 0 Å². The van der Waals surface area contributed by atoms with Crippen LogP contribution in [-0.4, -0.2) is 24.5 Å². The molecule has 0 bridgehead atoms. The number of nitrogens with one attached hydrogen (secondary N) is 1. The highest BCUT2D eigenvalue weighted by molar-refractivity contribution is 8.01. The molecule has 0 saturated carbocycles.